The third-order valence-corrected chi connectivity index (χ3v) is 3.21. The van der Waals surface area contributed by atoms with E-state index >= 15 is 0 Å². The van der Waals surface area contributed by atoms with Crippen LogP contribution in [0.25, 0.3) is 0 Å². The Hall–Kier alpha value is -2.34. The van der Waals surface area contributed by atoms with Crippen LogP contribution in [-0.2, 0) is 17.6 Å². The molecule has 0 spiro atoms. The number of nitrogens with two attached hydrogens (primary N) is 2. The minimum atomic E-state index is -0.518. The molecule has 0 aliphatic rings. The van der Waals surface area contributed by atoms with E-state index in [0.29, 0.717) is 18.9 Å². The number of aromatic nitrogens is 2. The highest BCUT2D eigenvalue weighted by atomic mass is 16.2. The molecule has 1 aromatic carbocycles. The van der Waals surface area contributed by atoms with Crippen molar-refractivity contribution in [1.29, 1.82) is 0 Å². The summed E-state index contributed by atoms with van der Waals surface area (Å²) in [5, 5.41) is 2.85. The Morgan fingerprint density at radius 2 is 2.10 bits per heavy atom. The number of carbonyl (C=O) groups is 1. The van der Waals surface area contributed by atoms with E-state index in [1.807, 2.05) is 30.3 Å². The van der Waals surface area contributed by atoms with Gasteiger partial charge in [0, 0.05) is 12.2 Å². The van der Waals surface area contributed by atoms with Crippen LogP contribution in [0.3, 0.4) is 0 Å². The fourth-order valence-electron chi connectivity index (χ4n) is 2.09. The van der Waals surface area contributed by atoms with Crippen LogP contribution in [0, 0.1) is 0 Å². The monoisotopic (exact) mass is 287 g/mol. The van der Waals surface area contributed by atoms with Crippen molar-refractivity contribution in [3.63, 3.8) is 0 Å². The molecule has 6 heteroatoms. The minimum absolute atomic E-state index is 0.122. The number of nitrogens with one attached hydrogen (secondary N) is 2. The Kier molecular flexibility index (Phi) is 5.34. The normalized spacial score (nSPS) is 12.0. The van der Waals surface area contributed by atoms with Crippen molar-refractivity contribution >= 4 is 11.9 Å². The number of hydrogen-bond donors (Lipinski definition) is 4. The van der Waals surface area contributed by atoms with Crippen LogP contribution in [0.15, 0.2) is 36.5 Å². The highest BCUT2D eigenvalue weighted by molar-refractivity contribution is 5.81. The number of H-pyrrole nitrogens is 1. The first-order valence-corrected chi connectivity index (χ1v) is 7.01. The van der Waals surface area contributed by atoms with Gasteiger partial charge in [-0.2, -0.15) is 0 Å². The van der Waals surface area contributed by atoms with Gasteiger partial charge < -0.3 is 21.8 Å². The van der Waals surface area contributed by atoms with E-state index < -0.39 is 6.04 Å². The molecule has 0 saturated carbocycles. The van der Waals surface area contributed by atoms with Gasteiger partial charge in [0.25, 0.3) is 0 Å². The predicted molar refractivity (Wildman–Crippen MR) is 82.5 cm³/mol. The number of nitrogen functional groups attached to an aromatic ring is 1. The largest absolute Gasteiger partial charge is 0.369 e. The molecule has 0 aliphatic heterocycles. The summed E-state index contributed by atoms with van der Waals surface area (Å²) in [6, 6.07) is 9.24. The number of carbonyl (C=O) groups excluding carboxylic acids is 1. The highest BCUT2D eigenvalue weighted by Crippen LogP contribution is 2.03. The average Bonchev–Trinajstić information content (AvgIpc) is 2.90. The van der Waals surface area contributed by atoms with E-state index in [4.69, 9.17) is 11.5 Å². The molecule has 0 unspecified atom stereocenters. The summed E-state index contributed by atoms with van der Waals surface area (Å²) < 4.78 is 0. The molecule has 0 bridgehead atoms. The second-order valence-corrected chi connectivity index (χ2v) is 4.98. The van der Waals surface area contributed by atoms with Gasteiger partial charge in [-0.15, -0.1) is 0 Å². The number of anilines is 1. The lowest BCUT2D eigenvalue weighted by Gasteiger charge is -2.12. The summed E-state index contributed by atoms with van der Waals surface area (Å²) >= 11 is 0. The van der Waals surface area contributed by atoms with Crippen LogP contribution in [0.5, 0.6) is 0 Å². The molecule has 6 nitrogen and oxygen atoms in total. The molecule has 6 N–H and O–H groups in total. The van der Waals surface area contributed by atoms with Crippen molar-refractivity contribution in [3.05, 3.63) is 47.8 Å². The van der Waals surface area contributed by atoms with Gasteiger partial charge in [-0.1, -0.05) is 30.3 Å². The van der Waals surface area contributed by atoms with Gasteiger partial charge >= 0.3 is 0 Å². The Morgan fingerprint density at radius 1 is 1.33 bits per heavy atom. The van der Waals surface area contributed by atoms with Crippen molar-refractivity contribution in [2.75, 3.05) is 12.3 Å². The van der Waals surface area contributed by atoms with E-state index in [-0.39, 0.29) is 5.91 Å². The van der Waals surface area contributed by atoms with Crippen LogP contribution in [0.1, 0.15) is 17.7 Å². The zero-order chi connectivity index (χ0) is 15.1. The van der Waals surface area contributed by atoms with Crippen LogP contribution in [0.4, 0.5) is 5.95 Å². The lowest BCUT2D eigenvalue weighted by Crippen LogP contribution is -2.42. The first kappa shape index (κ1) is 15.1. The average molecular weight is 287 g/mol. The number of aryl methyl sites for hydroxylation is 1. The maximum atomic E-state index is 11.9. The Bertz CT molecular complexity index is 566. The predicted octanol–water partition coefficient (Wildman–Crippen LogP) is 0.611. The summed E-state index contributed by atoms with van der Waals surface area (Å²) in [6.07, 6.45) is 3.85. The topological polar surface area (TPSA) is 110 Å². The number of imidazole rings is 1. The summed E-state index contributed by atoms with van der Waals surface area (Å²) in [5.74, 6) is 0.293. The van der Waals surface area contributed by atoms with Crippen LogP contribution in [0.2, 0.25) is 0 Å². The smallest absolute Gasteiger partial charge is 0.237 e. The molecular formula is C15H21N5O. The number of aromatic amines is 1. The number of amides is 1. The zero-order valence-electron chi connectivity index (χ0n) is 11.9. The molecule has 112 valence electrons. The van der Waals surface area contributed by atoms with Crippen LogP contribution < -0.4 is 16.8 Å². The molecule has 2 aromatic rings. The van der Waals surface area contributed by atoms with Crippen molar-refractivity contribution in [2.24, 2.45) is 5.73 Å². The molecule has 0 radical (unpaired) electrons. The Labute approximate surface area is 123 Å². The number of hydrogen-bond acceptors (Lipinski definition) is 4. The minimum Gasteiger partial charge on any atom is -0.369 e. The van der Waals surface area contributed by atoms with Crippen molar-refractivity contribution in [2.45, 2.75) is 25.3 Å². The van der Waals surface area contributed by atoms with Crippen LogP contribution in [-0.4, -0.2) is 28.5 Å². The van der Waals surface area contributed by atoms with Crippen LogP contribution >= 0.6 is 0 Å². The molecule has 0 fully saturated rings. The van der Waals surface area contributed by atoms with Gasteiger partial charge in [0.05, 0.1) is 12.2 Å². The van der Waals surface area contributed by atoms with E-state index in [9.17, 15) is 4.79 Å². The first-order valence-electron chi connectivity index (χ1n) is 7.01. The first-order chi connectivity index (χ1) is 10.1. The van der Waals surface area contributed by atoms with Gasteiger partial charge in [-0.3, -0.25) is 4.79 Å². The Balaban J connectivity index is 1.67. The highest BCUT2D eigenvalue weighted by Gasteiger charge is 2.13. The molecule has 0 aliphatic carbocycles. The molecule has 1 aromatic heterocycles. The molecule has 21 heavy (non-hydrogen) atoms. The quantitative estimate of drug-likeness (QED) is 0.559. The summed E-state index contributed by atoms with van der Waals surface area (Å²) in [6.45, 7) is 0.584. The number of rotatable bonds is 7. The molecule has 0 saturated heterocycles. The Morgan fingerprint density at radius 3 is 2.76 bits per heavy atom. The number of benzene rings is 1. The summed E-state index contributed by atoms with van der Waals surface area (Å²) in [7, 11) is 0. The van der Waals surface area contributed by atoms with Crippen molar-refractivity contribution in [1.82, 2.24) is 15.3 Å². The lowest BCUT2D eigenvalue weighted by atomic mass is 10.1. The summed E-state index contributed by atoms with van der Waals surface area (Å²) in [5.41, 5.74) is 13.4. The lowest BCUT2D eigenvalue weighted by molar-refractivity contribution is -0.122. The van der Waals surface area contributed by atoms with E-state index in [1.165, 1.54) is 0 Å². The molecule has 1 atom stereocenters. The number of nitrogens with zero attached hydrogens (tertiary/aromatic N) is 1. The van der Waals surface area contributed by atoms with Crippen molar-refractivity contribution in [3.8, 4) is 0 Å². The molecule has 2 rings (SSSR count). The molecule has 1 amide bonds. The van der Waals surface area contributed by atoms with Gasteiger partial charge in [-0.25, -0.2) is 4.98 Å². The van der Waals surface area contributed by atoms with E-state index in [1.54, 1.807) is 6.20 Å². The van der Waals surface area contributed by atoms with Gasteiger partial charge in [-0.05, 0) is 24.8 Å². The second-order valence-electron chi connectivity index (χ2n) is 4.98. The zero-order valence-corrected chi connectivity index (χ0v) is 11.9. The fraction of sp³-hybridized carbons (Fsp3) is 0.333. The maximum Gasteiger partial charge on any atom is 0.237 e. The standard InChI is InChI=1S/C15H21N5O/c16-13(9-11-5-2-1-3-6-11)14(21)18-8-4-7-12-10-19-15(17)20-12/h1-3,5-6,10,13H,4,7-9,16H2,(H,18,21)(H3,17,19,20)/t13-/m0/s1. The third-order valence-electron chi connectivity index (χ3n) is 3.21. The van der Waals surface area contributed by atoms with E-state index in [2.05, 4.69) is 15.3 Å². The van der Waals surface area contributed by atoms with Crippen molar-refractivity contribution < 1.29 is 4.79 Å². The fourth-order valence-corrected chi connectivity index (χ4v) is 2.09. The van der Waals surface area contributed by atoms with E-state index in [0.717, 1.165) is 24.1 Å². The molecular weight excluding hydrogens is 266 g/mol. The SMILES string of the molecule is Nc1ncc(CCCNC(=O)[C@@H](N)Cc2ccccc2)[nH]1. The van der Waals surface area contributed by atoms with Gasteiger partial charge in [0.2, 0.25) is 5.91 Å². The van der Waals surface area contributed by atoms with Gasteiger partial charge in [0.15, 0.2) is 5.95 Å². The van der Waals surface area contributed by atoms with Gasteiger partial charge in [0.1, 0.15) is 0 Å². The summed E-state index contributed by atoms with van der Waals surface area (Å²) in [4.78, 5) is 18.8. The third kappa shape index (κ3) is 4.92. The maximum absolute atomic E-state index is 11.9. The molecule has 1 heterocycles. The second kappa shape index (κ2) is 7.44.